The van der Waals surface area contributed by atoms with Gasteiger partial charge in [0, 0.05) is 0 Å². The summed E-state index contributed by atoms with van der Waals surface area (Å²) in [5, 5.41) is 0. The second-order valence-electron chi connectivity index (χ2n) is 2.93. The monoisotopic (exact) mass is 122 g/mol. The van der Waals surface area contributed by atoms with Crippen molar-refractivity contribution in [3.05, 3.63) is 24.8 Å². The molecular formula is C9H14. The summed E-state index contributed by atoms with van der Waals surface area (Å²) >= 11 is 0. The first-order valence-electron chi connectivity index (χ1n) is 3.53. The lowest BCUT2D eigenvalue weighted by Gasteiger charge is -2.34. The Labute approximate surface area is 57.3 Å². The molecule has 0 aromatic carbocycles. The van der Waals surface area contributed by atoms with Gasteiger partial charge < -0.3 is 0 Å². The van der Waals surface area contributed by atoms with Gasteiger partial charge in [0.05, 0.1) is 0 Å². The average molecular weight is 122 g/mol. The topological polar surface area (TPSA) is 0 Å². The Morgan fingerprint density at radius 2 is 2.22 bits per heavy atom. The van der Waals surface area contributed by atoms with E-state index in [1.165, 1.54) is 18.4 Å². The van der Waals surface area contributed by atoms with Crippen molar-refractivity contribution in [3.63, 3.8) is 0 Å². The molecule has 0 aliphatic heterocycles. The Morgan fingerprint density at radius 1 is 1.56 bits per heavy atom. The minimum atomic E-state index is 0.738. The molecule has 0 heteroatoms. The molecule has 0 amide bonds. The van der Waals surface area contributed by atoms with Crippen LogP contribution in [-0.4, -0.2) is 0 Å². The van der Waals surface area contributed by atoms with Gasteiger partial charge >= 0.3 is 0 Å². The van der Waals surface area contributed by atoms with Crippen LogP contribution in [-0.2, 0) is 0 Å². The van der Waals surface area contributed by atoms with Gasteiger partial charge in [0.15, 0.2) is 0 Å². The molecule has 0 N–H and O–H groups in total. The first kappa shape index (κ1) is 6.60. The third-order valence-electron chi connectivity index (χ3n) is 2.26. The third-order valence-corrected chi connectivity index (χ3v) is 2.26. The van der Waals surface area contributed by atoms with Crippen molar-refractivity contribution >= 4 is 0 Å². The zero-order valence-electron chi connectivity index (χ0n) is 6.06. The van der Waals surface area contributed by atoms with Crippen LogP contribution in [0.3, 0.4) is 0 Å². The molecule has 0 saturated heterocycles. The zero-order chi connectivity index (χ0) is 6.85. The predicted octanol–water partition coefficient (Wildman–Crippen LogP) is 2.77. The maximum Gasteiger partial charge on any atom is -0.0146 e. The maximum atomic E-state index is 3.93. The van der Waals surface area contributed by atoms with Gasteiger partial charge in [-0.3, -0.25) is 0 Å². The fourth-order valence-electron chi connectivity index (χ4n) is 1.42. The van der Waals surface area contributed by atoms with Crippen LogP contribution in [0.5, 0.6) is 0 Å². The third kappa shape index (κ3) is 1.07. The minimum Gasteiger partial charge on any atom is -0.103 e. The van der Waals surface area contributed by atoms with Crippen molar-refractivity contribution in [3.8, 4) is 0 Å². The van der Waals surface area contributed by atoms with Crippen LogP contribution in [0, 0.1) is 11.8 Å². The first-order valence-corrected chi connectivity index (χ1v) is 3.53. The van der Waals surface area contributed by atoms with Gasteiger partial charge in [0.2, 0.25) is 0 Å². The Bertz CT molecular complexity index is 133. The summed E-state index contributed by atoms with van der Waals surface area (Å²) in [6, 6.07) is 0. The molecule has 0 bridgehead atoms. The van der Waals surface area contributed by atoms with Gasteiger partial charge in [-0.15, -0.1) is 6.58 Å². The molecule has 0 heterocycles. The number of hydrogen-bond donors (Lipinski definition) is 0. The van der Waals surface area contributed by atoms with E-state index in [1.54, 1.807) is 0 Å². The van der Waals surface area contributed by atoms with Crippen molar-refractivity contribution in [1.29, 1.82) is 0 Å². The molecule has 1 saturated carbocycles. The molecule has 1 fully saturated rings. The molecule has 0 nitrogen and oxygen atoms in total. The van der Waals surface area contributed by atoms with Gasteiger partial charge in [-0.05, 0) is 31.6 Å². The van der Waals surface area contributed by atoms with Gasteiger partial charge in [-0.25, -0.2) is 0 Å². The number of hydrogen-bond acceptors (Lipinski definition) is 0. The second-order valence-corrected chi connectivity index (χ2v) is 2.93. The van der Waals surface area contributed by atoms with E-state index in [0.29, 0.717) is 0 Å². The first-order chi connectivity index (χ1) is 4.25. The van der Waals surface area contributed by atoms with Gasteiger partial charge in [0.25, 0.3) is 0 Å². The highest BCUT2D eigenvalue weighted by Crippen LogP contribution is 2.39. The molecule has 2 atom stereocenters. The van der Waals surface area contributed by atoms with Gasteiger partial charge in [-0.1, -0.05) is 18.2 Å². The molecule has 9 heavy (non-hydrogen) atoms. The fraction of sp³-hybridized carbons (Fsp3) is 0.556. The highest BCUT2D eigenvalue weighted by atomic mass is 14.3. The second kappa shape index (κ2) is 2.38. The molecule has 2 unspecified atom stereocenters. The van der Waals surface area contributed by atoms with Crippen molar-refractivity contribution < 1.29 is 0 Å². The minimum absolute atomic E-state index is 0.738. The van der Waals surface area contributed by atoms with E-state index in [2.05, 4.69) is 26.2 Å². The largest absolute Gasteiger partial charge is 0.103 e. The van der Waals surface area contributed by atoms with Crippen molar-refractivity contribution in [1.82, 2.24) is 0 Å². The smallest absolute Gasteiger partial charge is 0.0146 e. The molecule has 0 aromatic rings. The SMILES string of the molecule is C=CC1CCC1C(=C)C. The van der Waals surface area contributed by atoms with E-state index in [0.717, 1.165) is 11.8 Å². The van der Waals surface area contributed by atoms with E-state index >= 15 is 0 Å². The summed E-state index contributed by atoms with van der Waals surface area (Å²) in [5.74, 6) is 1.49. The Hall–Kier alpha value is -0.520. The molecule has 1 rings (SSSR count). The van der Waals surface area contributed by atoms with Crippen LogP contribution in [0.4, 0.5) is 0 Å². The summed E-state index contributed by atoms with van der Waals surface area (Å²) in [5.41, 5.74) is 1.33. The summed E-state index contributed by atoms with van der Waals surface area (Å²) in [4.78, 5) is 0. The zero-order valence-corrected chi connectivity index (χ0v) is 6.06. The predicted molar refractivity (Wildman–Crippen MR) is 41.2 cm³/mol. The highest BCUT2D eigenvalue weighted by Gasteiger charge is 2.27. The van der Waals surface area contributed by atoms with Crippen LogP contribution < -0.4 is 0 Å². The summed E-state index contributed by atoms with van der Waals surface area (Å²) < 4.78 is 0. The lowest BCUT2D eigenvalue weighted by Crippen LogP contribution is -2.24. The molecule has 0 spiro atoms. The normalized spacial score (nSPS) is 33.0. The Balaban J connectivity index is 2.44. The quantitative estimate of drug-likeness (QED) is 0.494. The summed E-state index contributed by atoms with van der Waals surface area (Å²) in [6.07, 6.45) is 4.70. The molecule has 1 aliphatic rings. The van der Waals surface area contributed by atoms with Gasteiger partial charge in [-0.2, -0.15) is 0 Å². The Kier molecular flexibility index (Phi) is 1.75. The maximum absolute atomic E-state index is 3.93. The van der Waals surface area contributed by atoms with E-state index in [9.17, 15) is 0 Å². The standard InChI is InChI=1S/C9H14/c1-4-8-5-6-9(8)7(2)3/h4,8-9H,1-2,5-6H2,3H3. The lowest BCUT2D eigenvalue weighted by molar-refractivity contribution is 0.272. The van der Waals surface area contributed by atoms with Crippen LogP contribution in [0.15, 0.2) is 24.8 Å². The summed E-state index contributed by atoms with van der Waals surface area (Å²) in [7, 11) is 0. The molecule has 1 aliphatic carbocycles. The number of rotatable bonds is 2. The fourth-order valence-corrected chi connectivity index (χ4v) is 1.42. The molecule has 50 valence electrons. The van der Waals surface area contributed by atoms with Crippen LogP contribution in [0.1, 0.15) is 19.8 Å². The average Bonchev–Trinajstić information content (AvgIpc) is 1.61. The van der Waals surface area contributed by atoms with E-state index in [1.807, 2.05) is 0 Å². The molecular weight excluding hydrogens is 108 g/mol. The molecule has 0 radical (unpaired) electrons. The van der Waals surface area contributed by atoms with Crippen molar-refractivity contribution in [2.24, 2.45) is 11.8 Å². The van der Waals surface area contributed by atoms with Crippen LogP contribution >= 0.6 is 0 Å². The Morgan fingerprint density at radius 3 is 2.33 bits per heavy atom. The van der Waals surface area contributed by atoms with E-state index in [4.69, 9.17) is 0 Å². The van der Waals surface area contributed by atoms with Crippen molar-refractivity contribution in [2.45, 2.75) is 19.8 Å². The molecule has 0 aromatic heterocycles. The van der Waals surface area contributed by atoms with Crippen molar-refractivity contribution in [2.75, 3.05) is 0 Å². The van der Waals surface area contributed by atoms with Gasteiger partial charge in [0.1, 0.15) is 0 Å². The summed E-state index contributed by atoms with van der Waals surface area (Å²) in [6.45, 7) is 9.81. The van der Waals surface area contributed by atoms with Crippen LogP contribution in [0.2, 0.25) is 0 Å². The highest BCUT2D eigenvalue weighted by molar-refractivity contribution is 5.08. The van der Waals surface area contributed by atoms with E-state index < -0.39 is 0 Å². The van der Waals surface area contributed by atoms with E-state index in [-0.39, 0.29) is 0 Å². The number of allylic oxidation sites excluding steroid dienone is 2. The lowest BCUT2D eigenvalue weighted by atomic mass is 9.70. The van der Waals surface area contributed by atoms with Crippen LogP contribution in [0.25, 0.3) is 0 Å².